The first-order valence-corrected chi connectivity index (χ1v) is 8.82. The molecule has 1 atom stereocenters. The molecule has 2 rings (SSSR count). The van der Waals surface area contributed by atoms with Crippen LogP contribution >= 0.6 is 0 Å². The SMILES string of the molecule is CCCNCCC(C)N(Cc1ccccc1)Cc1ccccc1. The molecule has 23 heavy (non-hydrogen) atoms. The van der Waals surface area contributed by atoms with Crippen LogP contribution in [0.5, 0.6) is 0 Å². The van der Waals surface area contributed by atoms with Gasteiger partial charge in [0.05, 0.1) is 0 Å². The van der Waals surface area contributed by atoms with Gasteiger partial charge in [0.1, 0.15) is 0 Å². The Kier molecular flexibility index (Phi) is 7.85. The van der Waals surface area contributed by atoms with Crippen molar-refractivity contribution in [3.8, 4) is 0 Å². The summed E-state index contributed by atoms with van der Waals surface area (Å²) < 4.78 is 0. The van der Waals surface area contributed by atoms with Crippen molar-refractivity contribution in [1.82, 2.24) is 10.2 Å². The zero-order chi connectivity index (χ0) is 16.3. The average Bonchev–Trinajstić information content (AvgIpc) is 2.60. The van der Waals surface area contributed by atoms with Gasteiger partial charge in [-0.25, -0.2) is 0 Å². The van der Waals surface area contributed by atoms with Crippen LogP contribution in [0.25, 0.3) is 0 Å². The third-order valence-electron chi connectivity index (χ3n) is 4.25. The predicted octanol–water partition coefficient (Wildman–Crippen LogP) is 4.47. The summed E-state index contributed by atoms with van der Waals surface area (Å²) in [5.41, 5.74) is 2.77. The van der Waals surface area contributed by atoms with E-state index in [4.69, 9.17) is 0 Å². The van der Waals surface area contributed by atoms with E-state index in [2.05, 4.69) is 84.7 Å². The van der Waals surface area contributed by atoms with Gasteiger partial charge in [-0.15, -0.1) is 0 Å². The molecular weight excluding hydrogens is 280 g/mol. The van der Waals surface area contributed by atoms with Crippen LogP contribution in [0, 0.1) is 0 Å². The molecule has 0 spiro atoms. The van der Waals surface area contributed by atoms with E-state index < -0.39 is 0 Å². The lowest BCUT2D eigenvalue weighted by atomic mass is 10.1. The largest absolute Gasteiger partial charge is 0.317 e. The number of nitrogens with zero attached hydrogens (tertiary/aromatic N) is 1. The fourth-order valence-electron chi connectivity index (χ4n) is 2.80. The molecule has 0 saturated heterocycles. The number of nitrogens with one attached hydrogen (secondary N) is 1. The van der Waals surface area contributed by atoms with E-state index in [-0.39, 0.29) is 0 Å². The van der Waals surface area contributed by atoms with Gasteiger partial charge in [-0.1, -0.05) is 67.6 Å². The van der Waals surface area contributed by atoms with Crippen molar-refractivity contribution in [3.63, 3.8) is 0 Å². The number of hydrogen-bond donors (Lipinski definition) is 1. The molecule has 0 saturated carbocycles. The Balaban J connectivity index is 1.98. The van der Waals surface area contributed by atoms with Crippen molar-refractivity contribution in [2.75, 3.05) is 13.1 Å². The van der Waals surface area contributed by atoms with Crippen LogP contribution in [-0.2, 0) is 13.1 Å². The maximum atomic E-state index is 3.52. The molecule has 2 aromatic carbocycles. The highest BCUT2D eigenvalue weighted by Gasteiger charge is 2.14. The zero-order valence-electron chi connectivity index (χ0n) is 14.5. The maximum Gasteiger partial charge on any atom is 0.0240 e. The fraction of sp³-hybridized carbons (Fsp3) is 0.429. The first-order valence-electron chi connectivity index (χ1n) is 8.82. The molecule has 2 heteroatoms. The van der Waals surface area contributed by atoms with Gasteiger partial charge in [-0.2, -0.15) is 0 Å². The maximum absolute atomic E-state index is 3.52. The Morgan fingerprint density at radius 1 is 0.826 bits per heavy atom. The molecule has 0 fully saturated rings. The highest BCUT2D eigenvalue weighted by molar-refractivity contribution is 5.17. The monoisotopic (exact) mass is 310 g/mol. The van der Waals surface area contributed by atoms with Crippen LogP contribution in [0.15, 0.2) is 60.7 Å². The van der Waals surface area contributed by atoms with E-state index in [1.54, 1.807) is 0 Å². The molecule has 2 nitrogen and oxygen atoms in total. The Morgan fingerprint density at radius 2 is 1.35 bits per heavy atom. The predicted molar refractivity (Wildman–Crippen MR) is 99.4 cm³/mol. The smallest absolute Gasteiger partial charge is 0.0240 e. The summed E-state index contributed by atoms with van der Waals surface area (Å²) in [7, 11) is 0. The lowest BCUT2D eigenvalue weighted by molar-refractivity contribution is 0.181. The highest BCUT2D eigenvalue weighted by Crippen LogP contribution is 2.15. The summed E-state index contributed by atoms with van der Waals surface area (Å²) in [4.78, 5) is 2.58. The van der Waals surface area contributed by atoms with Crippen LogP contribution in [-0.4, -0.2) is 24.0 Å². The van der Waals surface area contributed by atoms with E-state index >= 15 is 0 Å². The second-order valence-corrected chi connectivity index (χ2v) is 6.26. The van der Waals surface area contributed by atoms with Crippen LogP contribution in [0.1, 0.15) is 37.8 Å². The van der Waals surface area contributed by atoms with Crippen LogP contribution in [0.2, 0.25) is 0 Å². The van der Waals surface area contributed by atoms with Gasteiger partial charge in [0.2, 0.25) is 0 Å². The molecule has 0 aliphatic rings. The lowest BCUT2D eigenvalue weighted by Gasteiger charge is -2.29. The molecule has 0 aromatic heterocycles. The van der Waals surface area contributed by atoms with Crippen molar-refractivity contribution in [2.24, 2.45) is 0 Å². The second kappa shape index (κ2) is 10.2. The van der Waals surface area contributed by atoms with E-state index in [0.717, 1.165) is 26.2 Å². The first-order chi connectivity index (χ1) is 11.3. The van der Waals surface area contributed by atoms with Crippen LogP contribution in [0.4, 0.5) is 0 Å². The van der Waals surface area contributed by atoms with E-state index in [0.29, 0.717) is 6.04 Å². The molecule has 0 bridgehead atoms. The molecule has 2 aromatic rings. The van der Waals surface area contributed by atoms with Gasteiger partial charge in [-0.05, 0) is 44.0 Å². The Morgan fingerprint density at radius 3 is 1.83 bits per heavy atom. The van der Waals surface area contributed by atoms with Gasteiger partial charge in [-0.3, -0.25) is 4.90 Å². The summed E-state index contributed by atoms with van der Waals surface area (Å²) in [6.45, 7) is 8.78. The Hall–Kier alpha value is -1.64. The van der Waals surface area contributed by atoms with Crippen molar-refractivity contribution in [1.29, 1.82) is 0 Å². The van der Waals surface area contributed by atoms with Gasteiger partial charge < -0.3 is 5.32 Å². The summed E-state index contributed by atoms with van der Waals surface area (Å²) in [5.74, 6) is 0. The lowest BCUT2D eigenvalue weighted by Crippen LogP contribution is -2.34. The quantitative estimate of drug-likeness (QED) is 0.651. The minimum atomic E-state index is 0.555. The minimum absolute atomic E-state index is 0.555. The molecular formula is C21H30N2. The third-order valence-corrected chi connectivity index (χ3v) is 4.25. The fourth-order valence-corrected chi connectivity index (χ4v) is 2.80. The van der Waals surface area contributed by atoms with E-state index in [1.165, 1.54) is 24.0 Å². The zero-order valence-corrected chi connectivity index (χ0v) is 14.5. The molecule has 0 aliphatic carbocycles. The summed E-state index contributed by atoms with van der Waals surface area (Å²) in [6, 6.07) is 22.1. The standard InChI is InChI=1S/C21H30N2/c1-3-15-22-16-14-19(2)23(17-20-10-6-4-7-11-20)18-21-12-8-5-9-13-21/h4-13,19,22H,3,14-18H2,1-2H3. The molecule has 0 aliphatic heterocycles. The van der Waals surface area contributed by atoms with E-state index in [1.807, 2.05) is 0 Å². The molecule has 124 valence electrons. The Labute approximate surface area is 141 Å². The summed E-state index contributed by atoms with van der Waals surface area (Å²) in [6.07, 6.45) is 2.38. The number of hydrogen-bond acceptors (Lipinski definition) is 2. The van der Waals surface area contributed by atoms with E-state index in [9.17, 15) is 0 Å². The van der Waals surface area contributed by atoms with Crippen LogP contribution in [0.3, 0.4) is 0 Å². The minimum Gasteiger partial charge on any atom is -0.317 e. The third kappa shape index (κ3) is 6.55. The van der Waals surface area contributed by atoms with Crippen molar-refractivity contribution >= 4 is 0 Å². The molecule has 0 radical (unpaired) electrons. The number of rotatable bonds is 10. The second-order valence-electron chi connectivity index (χ2n) is 6.26. The van der Waals surface area contributed by atoms with Gasteiger partial charge in [0.15, 0.2) is 0 Å². The van der Waals surface area contributed by atoms with Crippen molar-refractivity contribution < 1.29 is 0 Å². The summed E-state index contributed by atoms with van der Waals surface area (Å²) in [5, 5.41) is 3.52. The number of benzene rings is 2. The summed E-state index contributed by atoms with van der Waals surface area (Å²) >= 11 is 0. The molecule has 1 N–H and O–H groups in total. The highest BCUT2D eigenvalue weighted by atomic mass is 15.1. The Bertz CT molecular complexity index is 483. The van der Waals surface area contributed by atoms with Crippen LogP contribution < -0.4 is 5.32 Å². The molecule has 1 unspecified atom stereocenters. The topological polar surface area (TPSA) is 15.3 Å². The van der Waals surface area contributed by atoms with Gasteiger partial charge in [0.25, 0.3) is 0 Å². The van der Waals surface area contributed by atoms with Crippen molar-refractivity contribution in [2.45, 2.75) is 45.8 Å². The average molecular weight is 310 g/mol. The van der Waals surface area contributed by atoms with Gasteiger partial charge in [0, 0.05) is 19.1 Å². The normalized spacial score (nSPS) is 12.5. The van der Waals surface area contributed by atoms with Gasteiger partial charge >= 0.3 is 0 Å². The molecule has 0 heterocycles. The molecule has 0 amide bonds. The first kappa shape index (κ1) is 17.7. The van der Waals surface area contributed by atoms with Crippen molar-refractivity contribution in [3.05, 3.63) is 71.8 Å².